The number of halogens is 5. The highest BCUT2D eigenvalue weighted by Crippen LogP contribution is 2.32. The first-order chi connectivity index (χ1) is 13.7. The van der Waals surface area contributed by atoms with E-state index in [1.807, 2.05) is 0 Å². The molecule has 2 aromatic heterocycles. The first-order valence-electron chi connectivity index (χ1n) is 9.43. The largest absolute Gasteiger partial charge is 0.416 e. The number of hydrogen-bond acceptors (Lipinski definition) is 5. The zero-order valence-electron chi connectivity index (χ0n) is 15.5. The summed E-state index contributed by atoms with van der Waals surface area (Å²) < 4.78 is 66.3. The standard InChI is InChI=1S/C19H20F5N5/c20-18(21)3-6-29(11-18)17-27-15(9-16(28-17)12-1-4-25-10-12)8-14-7-13(2-5-26-14)19(22,23)24/h2,5,7,9,12,25H,1,3-4,6,8,10-11H2. The van der Waals surface area contributed by atoms with E-state index in [9.17, 15) is 22.0 Å². The van der Waals surface area contributed by atoms with Gasteiger partial charge in [0.05, 0.1) is 23.5 Å². The molecule has 29 heavy (non-hydrogen) atoms. The van der Waals surface area contributed by atoms with Gasteiger partial charge in [-0.05, 0) is 31.2 Å². The van der Waals surface area contributed by atoms with E-state index in [1.165, 1.54) is 4.90 Å². The molecule has 0 bridgehead atoms. The third-order valence-corrected chi connectivity index (χ3v) is 5.22. The molecule has 2 saturated heterocycles. The monoisotopic (exact) mass is 413 g/mol. The normalized spacial score (nSPS) is 21.7. The van der Waals surface area contributed by atoms with Crippen LogP contribution in [0.4, 0.5) is 27.9 Å². The molecule has 0 amide bonds. The van der Waals surface area contributed by atoms with E-state index in [2.05, 4.69) is 20.3 Å². The first-order valence-corrected chi connectivity index (χ1v) is 9.43. The lowest BCUT2D eigenvalue weighted by molar-refractivity contribution is -0.137. The van der Waals surface area contributed by atoms with Crippen molar-refractivity contribution in [3.8, 4) is 0 Å². The molecule has 2 aliphatic heterocycles. The third-order valence-electron chi connectivity index (χ3n) is 5.22. The number of nitrogens with zero attached hydrogens (tertiary/aromatic N) is 4. The summed E-state index contributed by atoms with van der Waals surface area (Å²) in [5.41, 5.74) is 0.624. The minimum absolute atomic E-state index is 0.0663. The summed E-state index contributed by atoms with van der Waals surface area (Å²) in [6.45, 7) is 1.23. The van der Waals surface area contributed by atoms with Gasteiger partial charge in [-0.25, -0.2) is 18.7 Å². The second-order valence-corrected chi connectivity index (χ2v) is 7.51. The van der Waals surface area contributed by atoms with Gasteiger partial charge in [0.2, 0.25) is 5.95 Å². The molecule has 0 spiro atoms. The van der Waals surface area contributed by atoms with Gasteiger partial charge in [-0.2, -0.15) is 13.2 Å². The number of hydrogen-bond donors (Lipinski definition) is 1. The van der Waals surface area contributed by atoms with Crippen LogP contribution in [0.5, 0.6) is 0 Å². The predicted octanol–water partition coefficient (Wildman–Crippen LogP) is 3.40. The summed E-state index contributed by atoms with van der Waals surface area (Å²) in [5.74, 6) is -2.47. The van der Waals surface area contributed by atoms with Crippen LogP contribution in [0, 0.1) is 0 Å². The zero-order chi connectivity index (χ0) is 20.6. The minimum Gasteiger partial charge on any atom is -0.335 e. The van der Waals surface area contributed by atoms with Crippen molar-refractivity contribution in [3.63, 3.8) is 0 Å². The van der Waals surface area contributed by atoms with Gasteiger partial charge in [0, 0.05) is 43.7 Å². The highest BCUT2D eigenvalue weighted by atomic mass is 19.4. The van der Waals surface area contributed by atoms with Crippen LogP contribution < -0.4 is 10.2 Å². The Kier molecular flexibility index (Phi) is 5.14. The molecule has 1 N–H and O–H groups in total. The SMILES string of the molecule is FC1(F)CCN(c2nc(Cc3cc(C(F)(F)F)ccn3)cc(C3CCNC3)n2)C1. The van der Waals surface area contributed by atoms with E-state index >= 15 is 0 Å². The lowest BCUT2D eigenvalue weighted by Crippen LogP contribution is -2.27. The Morgan fingerprint density at radius 3 is 2.66 bits per heavy atom. The van der Waals surface area contributed by atoms with Crippen LogP contribution >= 0.6 is 0 Å². The van der Waals surface area contributed by atoms with Crippen molar-refractivity contribution < 1.29 is 22.0 Å². The summed E-state index contributed by atoms with van der Waals surface area (Å²) in [6.07, 6.45) is -2.69. The minimum atomic E-state index is -4.46. The van der Waals surface area contributed by atoms with Crippen molar-refractivity contribution >= 4 is 5.95 Å². The summed E-state index contributed by atoms with van der Waals surface area (Å²) in [6, 6.07) is 3.65. The van der Waals surface area contributed by atoms with Crippen LogP contribution in [0.2, 0.25) is 0 Å². The Labute approximate surface area is 164 Å². The molecule has 156 valence electrons. The quantitative estimate of drug-likeness (QED) is 0.779. The molecule has 1 atom stereocenters. The van der Waals surface area contributed by atoms with Crippen molar-refractivity contribution in [1.82, 2.24) is 20.3 Å². The van der Waals surface area contributed by atoms with E-state index in [0.29, 0.717) is 12.2 Å². The van der Waals surface area contributed by atoms with Gasteiger partial charge in [-0.1, -0.05) is 0 Å². The van der Waals surface area contributed by atoms with Crippen LogP contribution in [-0.2, 0) is 12.6 Å². The Hall–Kier alpha value is -2.36. The van der Waals surface area contributed by atoms with E-state index < -0.39 is 24.2 Å². The van der Waals surface area contributed by atoms with Crippen molar-refractivity contribution in [2.45, 2.75) is 37.3 Å². The van der Waals surface area contributed by atoms with Gasteiger partial charge >= 0.3 is 6.18 Å². The predicted molar refractivity (Wildman–Crippen MR) is 96.1 cm³/mol. The number of pyridine rings is 1. The summed E-state index contributed by atoms with van der Waals surface area (Å²) in [5, 5.41) is 3.23. The first kappa shape index (κ1) is 19.9. The smallest absolute Gasteiger partial charge is 0.335 e. The molecule has 0 aliphatic carbocycles. The average Bonchev–Trinajstić information content (AvgIpc) is 3.30. The molecule has 2 fully saturated rings. The molecule has 0 aromatic carbocycles. The molecule has 0 radical (unpaired) electrons. The topological polar surface area (TPSA) is 53.9 Å². The van der Waals surface area contributed by atoms with Crippen LogP contribution in [0.1, 0.15) is 41.4 Å². The maximum Gasteiger partial charge on any atom is 0.416 e. The number of rotatable bonds is 4. The zero-order valence-corrected chi connectivity index (χ0v) is 15.5. The Morgan fingerprint density at radius 2 is 2.00 bits per heavy atom. The third kappa shape index (κ3) is 4.63. The van der Waals surface area contributed by atoms with E-state index in [0.717, 1.165) is 37.0 Å². The van der Waals surface area contributed by atoms with Gasteiger partial charge in [-0.15, -0.1) is 0 Å². The second-order valence-electron chi connectivity index (χ2n) is 7.51. The fourth-order valence-electron chi connectivity index (χ4n) is 3.70. The molecular weight excluding hydrogens is 393 g/mol. The van der Waals surface area contributed by atoms with Gasteiger partial charge < -0.3 is 10.2 Å². The molecular formula is C19H20F5N5. The van der Waals surface area contributed by atoms with E-state index in [4.69, 9.17) is 0 Å². The maximum absolute atomic E-state index is 13.7. The highest BCUT2D eigenvalue weighted by Gasteiger charge is 2.39. The molecule has 4 rings (SSSR count). The lowest BCUT2D eigenvalue weighted by atomic mass is 10.0. The van der Waals surface area contributed by atoms with Gasteiger partial charge in [0.25, 0.3) is 5.92 Å². The number of alkyl halides is 5. The van der Waals surface area contributed by atoms with Crippen molar-refractivity contribution in [2.75, 3.05) is 31.1 Å². The van der Waals surface area contributed by atoms with Gasteiger partial charge in [-0.3, -0.25) is 4.98 Å². The molecule has 2 aromatic rings. The van der Waals surface area contributed by atoms with Crippen LogP contribution in [0.15, 0.2) is 24.4 Å². The fourth-order valence-corrected chi connectivity index (χ4v) is 3.70. The van der Waals surface area contributed by atoms with Crippen LogP contribution in [-0.4, -0.2) is 47.1 Å². The van der Waals surface area contributed by atoms with Crippen LogP contribution in [0.3, 0.4) is 0 Å². The Bertz CT molecular complexity index is 880. The number of aromatic nitrogens is 3. The molecule has 0 saturated carbocycles. The molecule has 2 aliphatic rings. The van der Waals surface area contributed by atoms with E-state index in [-0.39, 0.29) is 36.9 Å². The van der Waals surface area contributed by atoms with Crippen molar-refractivity contribution in [3.05, 3.63) is 47.0 Å². The summed E-state index contributed by atoms with van der Waals surface area (Å²) in [7, 11) is 0. The Morgan fingerprint density at radius 1 is 1.17 bits per heavy atom. The van der Waals surface area contributed by atoms with Gasteiger partial charge in [0.15, 0.2) is 0 Å². The molecule has 1 unspecified atom stereocenters. The van der Waals surface area contributed by atoms with E-state index in [1.54, 1.807) is 6.07 Å². The molecule has 10 heteroatoms. The summed E-state index contributed by atoms with van der Waals surface area (Å²) >= 11 is 0. The number of nitrogens with one attached hydrogen (secondary N) is 1. The summed E-state index contributed by atoms with van der Waals surface area (Å²) in [4.78, 5) is 14.3. The van der Waals surface area contributed by atoms with Gasteiger partial charge in [0.1, 0.15) is 0 Å². The van der Waals surface area contributed by atoms with Crippen molar-refractivity contribution in [2.24, 2.45) is 0 Å². The lowest BCUT2D eigenvalue weighted by Gasteiger charge is -2.19. The second kappa shape index (κ2) is 7.47. The van der Waals surface area contributed by atoms with Crippen LogP contribution in [0.25, 0.3) is 0 Å². The molecule has 5 nitrogen and oxygen atoms in total. The number of anilines is 1. The average molecular weight is 413 g/mol. The molecule has 4 heterocycles. The fraction of sp³-hybridized carbons (Fsp3) is 0.526. The highest BCUT2D eigenvalue weighted by molar-refractivity contribution is 5.37. The maximum atomic E-state index is 13.7. The Balaban J connectivity index is 1.65. The van der Waals surface area contributed by atoms with Crippen molar-refractivity contribution in [1.29, 1.82) is 0 Å².